The second kappa shape index (κ2) is 8.75. The molecule has 27 heavy (non-hydrogen) atoms. The van der Waals surface area contributed by atoms with E-state index in [0.717, 1.165) is 5.56 Å². The van der Waals surface area contributed by atoms with E-state index in [9.17, 15) is 4.79 Å². The van der Waals surface area contributed by atoms with Crippen LogP contribution in [0.15, 0.2) is 64.1 Å². The first-order chi connectivity index (χ1) is 13.0. The minimum Gasteiger partial charge on any atom is -0.484 e. The number of furan rings is 1. The minimum atomic E-state index is -0.402. The van der Waals surface area contributed by atoms with Gasteiger partial charge in [-0.05, 0) is 42.8 Å². The molecule has 0 fully saturated rings. The van der Waals surface area contributed by atoms with Gasteiger partial charge in [0.2, 0.25) is 0 Å². The maximum absolute atomic E-state index is 12.0. The lowest BCUT2D eigenvalue weighted by atomic mass is 10.2. The number of ether oxygens (including phenoxy) is 1. The van der Waals surface area contributed by atoms with E-state index in [0.29, 0.717) is 32.9 Å². The number of hydrazone groups is 1. The lowest BCUT2D eigenvalue weighted by Gasteiger charge is -2.09. The summed E-state index contributed by atoms with van der Waals surface area (Å²) in [5.74, 6) is 1.30. The summed E-state index contributed by atoms with van der Waals surface area (Å²) in [6.07, 6.45) is 1.40. The van der Waals surface area contributed by atoms with E-state index in [4.69, 9.17) is 32.4 Å². The molecule has 0 spiro atoms. The predicted octanol–water partition coefficient (Wildman–Crippen LogP) is 5.24. The van der Waals surface area contributed by atoms with Crippen molar-refractivity contribution in [3.63, 3.8) is 0 Å². The fourth-order valence-corrected chi connectivity index (χ4v) is 2.84. The monoisotopic (exact) mass is 402 g/mol. The van der Waals surface area contributed by atoms with E-state index in [1.807, 2.05) is 19.1 Å². The molecule has 1 aromatic heterocycles. The first-order valence-corrected chi connectivity index (χ1v) is 8.85. The van der Waals surface area contributed by atoms with Crippen molar-refractivity contribution in [2.45, 2.75) is 13.5 Å². The molecule has 3 aromatic rings. The van der Waals surface area contributed by atoms with E-state index in [1.165, 1.54) is 6.21 Å². The molecule has 0 saturated carbocycles. The Kier molecular flexibility index (Phi) is 6.16. The summed E-state index contributed by atoms with van der Waals surface area (Å²) >= 11 is 12.1. The van der Waals surface area contributed by atoms with Gasteiger partial charge in [0.25, 0.3) is 5.91 Å². The number of amides is 1. The molecule has 1 N–H and O–H groups in total. The third-order valence-corrected chi connectivity index (χ3v) is 4.31. The molecule has 0 saturated heterocycles. The lowest BCUT2D eigenvalue weighted by molar-refractivity contribution is 0.0955. The summed E-state index contributed by atoms with van der Waals surface area (Å²) < 4.78 is 11.3. The standard InChI is InChI=1S/C20H16Cl2N2O3/c1-13-5-4-8-18(22)19(13)26-12-15-10-9-14(27-15)11-23-24-20(25)16-6-2-3-7-17(16)21/h2-11H,12H2,1H3,(H,24,25)/b23-11+. The van der Waals surface area contributed by atoms with Crippen LogP contribution in [0.5, 0.6) is 5.75 Å². The molecule has 0 bridgehead atoms. The van der Waals surface area contributed by atoms with Crippen molar-refractivity contribution >= 4 is 35.3 Å². The van der Waals surface area contributed by atoms with Gasteiger partial charge in [0.05, 0.1) is 21.8 Å². The van der Waals surface area contributed by atoms with Crippen LogP contribution in [-0.4, -0.2) is 12.1 Å². The number of para-hydroxylation sites is 1. The Bertz CT molecular complexity index is 963. The van der Waals surface area contributed by atoms with Crippen molar-refractivity contribution in [3.8, 4) is 5.75 Å². The highest BCUT2D eigenvalue weighted by Gasteiger charge is 2.09. The third kappa shape index (κ3) is 4.90. The van der Waals surface area contributed by atoms with Gasteiger partial charge in [0.15, 0.2) is 0 Å². The summed E-state index contributed by atoms with van der Waals surface area (Å²) in [5.41, 5.74) is 3.70. The van der Waals surface area contributed by atoms with E-state index in [2.05, 4.69) is 10.5 Å². The second-order valence-corrected chi connectivity index (χ2v) is 6.47. The van der Waals surface area contributed by atoms with Crippen molar-refractivity contribution in [1.29, 1.82) is 0 Å². The first kappa shape index (κ1) is 19.0. The molecule has 0 unspecified atom stereocenters. The van der Waals surface area contributed by atoms with E-state index < -0.39 is 5.91 Å². The molecule has 7 heteroatoms. The second-order valence-electron chi connectivity index (χ2n) is 5.66. The largest absolute Gasteiger partial charge is 0.484 e. The number of rotatable bonds is 6. The normalized spacial score (nSPS) is 10.9. The lowest BCUT2D eigenvalue weighted by Crippen LogP contribution is -2.17. The highest BCUT2D eigenvalue weighted by Crippen LogP contribution is 2.28. The van der Waals surface area contributed by atoms with Crippen LogP contribution in [0.1, 0.15) is 27.4 Å². The Hall–Kier alpha value is -2.76. The van der Waals surface area contributed by atoms with E-state index in [-0.39, 0.29) is 6.61 Å². The first-order valence-electron chi connectivity index (χ1n) is 8.09. The highest BCUT2D eigenvalue weighted by molar-refractivity contribution is 6.33. The maximum Gasteiger partial charge on any atom is 0.272 e. The van der Waals surface area contributed by atoms with Crippen LogP contribution < -0.4 is 10.2 Å². The van der Waals surface area contributed by atoms with Crippen molar-refractivity contribution in [1.82, 2.24) is 5.43 Å². The van der Waals surface area contributed by atoms with Gasteiger partial charge in [-0.3, -0.25) is 4.79 Å². The number of benzene rings is 2. The molecule has 0 atom stereocenters. The summed E-state index contributed by atoms with van der Waals surface area (Å²) in [6, 6.07) is 15.8. The molecule has 1 amide bonds. The van der Waals surface area contributed by atoms with E-state index >= 15 is 0 Å². The fourth-order valence-electron chi connectivity index (χ4n) is 2.34. The molecule has 3 rings (SSSR count). The molecular weight excluding hydrogens is 387 g/mol. The summed E-state index contributed by atoms with van der Waals surface area (Å²) in [4.78, 5) is 12.0. The van der Waals surface area contributed by atoms with Crippen LogP contribution in [0.25, 0.3) is 0 Å². The topological polar surface area (TPSA) is 63.8 Å². The maximum atomic E-state index is 12.0. The SMILES string of the molecule is Cc1cccc(Cl)c1OCc1ccc(/C=N/NC(=O)c2ccccc2Cl)o1. The molecule has 0 radical (unpaired) electrons. The Balaban J connectivity index is 1.57. The number of hydrogen-bond acceptors (Lipinski definition) is 4. The zero-order valence-electron chi connectivity index (χ0n) is 14.4. The van der Waals surface area contributed by atoms with Gasteiger partial charge in [0, 0.05) is 0 Å². The number of carbonyl (C=O) groups is 1. The Morgan fingerprint density at radius 1 is 1.11 bits per heavy atom. The molecule has 1 heterocycles. The number of halogens is 2. The van der Waals surface area contributed by atoms with Crippen molar-refractivity contribution in [2.24, 2.45) is 5.10 Å². The molecular formula is C20H16Cl2N2O3. The average molecular weight is 403 g/mol. The minimum absolute atomic E-state index is 0.227. The third-order valence-electron chi connectivity index (χ3n) is 3.68. The molecule has 5 nitrogen and oxygen atoms in total. The van der Waals surface area contributed by atoms with Crippen LogP contribution in [0.2, 0.25) is 10.0 Å². The number of nitrogens with one attached hydrogen (secondary N) is 1. The van der Waals surface area contributed by atoms with Gasteiger partial charge in [0.1, 0.15) is 23.9 Å². The Labute approximate surface area is 166 Å². The van der Waals surface area contributed by atoms with Gasteiger partial charge in [-0.2, -0.15) is 5.10 Å². The van der Waals surface area contributed by atoms with Crippen LogP contribution in [0.4, 0.5) is 0 Å². The average Bonchev–Trinajstić information content (AvgIpc) is 3.09. The number of carbonyl (C=O) groups excluding carboxylic acids is 1. The molecule has 2 aromatic carbocycles. The molecule has 0 aliphatic rings. The summed E-state index contributed by atoms with van der Waals surface area (Å²) in [6.45, 7) is 2.15. The van der Waals surface area contributed by atoms with Gasteiger partial charge in [-0.25, -0.2) is 5.43 Å². The van der Waals surface area contributed by atoms with E-state index in [1.54, 1.807) is 42.5 Å². The molecule has 0 aliphatic carbocycles. The summed E-state index contributed by atoms with van der Waals surface area (Å²) in [5, 5.41) is 4.79. The Morgan fingerprint density at radius 3 is 2.67 bits per heavy atom. The van der Waals surface area contributed by atoms with Crippen LogP contribution in [0.3, 0.4) is 0 Å². The zero-order valence-corrected chi connectivity index (χ0v) is 15.9. The van der Waals surface area contributed by atoms with Gasteiger partial charge in [-0.1, -0.05) is 47.5 Å². The smallest absolute Gasteiger partial charge is 0.272 e. The van der Waals surface area contributed by atoms with Crippen molar-refractivity contribution in [2.75, 3.05) is 0 Å². The number of nitrogens with zero attached hydrogens (tertiary/aromatic N) is 1. The van der Waals surface area contributed by atoms with Crippen LogP contribution in [-0.2, 0) is 6.61 Å². The Morgan fingerprint density at radius 2 is 1.89 bits per heavy atom. The molecule has 138 valence electrons. The van der Waals surface area contributed by atoms with Gasteiger partial charge < -0.3 is 9.15 Å². The highest BCUT2D eigenvalue weighted by atomic mass is 35.5. The van der Waals surface area contributed by atoms with Gasteiger partial charge in [-0.15, -0.1) is 0 Å². The quantitative estimate of drug-likeness (QED) is 0.452. The predicted molar refractivity (Wildman–Crippen MR) is 106 cm³/mol. The summed E-state index contributed by atoms with van der Waals surface area (Å²) in [7, 11) is 0. The zero-order chi connectivity index (χ0) is 19.2. The number of aryl methyl sites for hydroxylation is 1. The van der Waals surface area contributed by atoms with Crippen LogP contribution in [0, 0.1) is 6.92 Å². The number of hydrogen-bond donors (Lipinski definition) is 1. The molecule has 0 aliphatic heterocycles. The van der Waals surface area contributed by atoms with Crippen molar-refractivity contribution in [3.05, 3.63) is 87.3 Å². The van der Waals surface area contributed by atoms with Gasteiger partial charge >= 0.3 is 0 Å². The van der Waals surface area contributed by atoms with Crippen molar-refractivity contribution < 1.29 is 13.9 Å². The fraction of sp³-hybridized carbons (Fsp3) is 0.100. The van der Waals surface area contributed by atoms with Crippen LogP contribution >= 0.6 is 23.2 Å².